The van der Waals surface area contributed by atoms with E-state index in [0.717, 1.165) is 51.3 Å². The number of carbonyl (C=O) groups is 1. The van der Waals surface area contributed by atoms with E-state index >= 15 is 0 Å². The van der Waals surface area contributed by atoms with Gasteiger partial charge in [0.05, 0.1) is 12.2 Å². The standard InChI is InChI=1S/C20H34N2O2/c1-16-4-6-17(7-5-16)19(23)22-12-8-20(9-13-22)14-18(15-24-20)21-10-2-3-11-21/h16-18H,2-15H2,1H3. The summed E-state index contributed by atoms with van der Waals surface area (Å²) in [5.74, 6) is 1.55. The molecule has 0 aromatic rings. The molecule has 1 saturated carbocycles. The second kappa shape index (κ2) is 6.95. The summed E-state index contributed by atoms with van der Waals surface area (Å²) in [5, 5.41) is 0. The van der Waals surface area contributed by atoms with E-state index in [9.17, 15) is 4.79 Å². The van der Waals surface area contributed by atoms with Crippen molar-refractivity contribution in [1.29, 1.82) is 0 Å². The quantitative estimate of drug-likeness (QED) is 0.778. The number of hydrogen-bond donors (Lipinski definition) is 0. The van der Waals surface area contributed by atoms with Crippen LogP contribution in [0.5, 0.6) is 0 Å². The van der Waals surface area contributed by atoms with Crippen LogP contribution in [0.1, 0.15) is 64.7 Å². The number of hydrogen-bond acceptors (Lipinski definition) is 3. The van der Waals surface area contributed by atoms with Gasteiger partial charge in [0.2, 0.25) is 5.91 Å². The Labute approximate surface area is 146 Å². The Balaban J connectivity index is 1.28. The lowest BCUT2D eigenvalue weighted by Crippen LogP contribution is -2.49. The van der Waals surface area contributed by atoms with E-state index in [2.05, 4.69) is 16.7 Å². The van der Waals surface area contributed by atoms with E-state index in [1.54, 1.807) is 0 Å². The van der Waals surface area contributed by atoms with Crippen molar-refractivity contribution in [2.24, 2.45) is 11.8 Å². The third kappa shape index (κ3) is 3.37. The molecule has 1 unspecified atom stereocenters. The summed E-state index contributed by atoms with van der Waals surface area (Å²) in [6.07, 6.45) is 10.7. The monoisotopic (exact) mass is 334 g/mol. The fraction of sp³-hybridized carbons (Fsp3) is 0.950. The number of amides is 1. The molecule has 24 heavy (non-hydrogen) atoms. The van der Waals surface area contributed by atoms with Gasteiger partial charge in [0, 0.05) is 25.0 Å². The number of piperidine rings is 1. The Morgan fingerprint density at radius 3 is 2.33 bits per heavy atom. The molecule has 0 bridgehead atoms. The van der Waals surface area contributed by atoms with Crippen LogP contribution in [0.3, 0.4) is 0 Å². The first-order valence-electron chi connectivity index (χ1n) is 10.3. The minimum Gasteiger partial charge on any atom is -0.373 e. The average Bonchev–Trinajstić information content (AvgIpc) is 3.26. The lowest BCUT2D eigenvalue weighted by Gasteiger charge is -2.40. The predicted octanol–water partition coefficient (Wildman–Crippen LogP) is 3.06. The summed E-state index contributed by atoms with van der Waals surface area (Å²) in [6, 6.07) is 0.634. The van der Waals surface area contributed by atoms with Gasteiger partial charge in [-0.1, -0.05) is 6.92 Å². The maximum Gasteiger partial charge on any atom is 0.225 e. The Morgan fingerprint density at radius 1 is 1.00 bits per heavy atom. The normalized spacial score (nSPS) is 37.2. The number of likely N-dealkylation sites (tertiary alicyclic amines) is 2. The van der Waals surface area contributed by atoms with Gasteiger partial charge in [0.1, 0.15) is 0 Å². The van der Waals surface area contributed by atoms with Crippen molar-refractivity contribution in [3.05, 3.63) is 0 Å². The molecule has 1 spiro atoms. The van der Waals surface area contributed by atoms with Gasteiger partial charge in [-0.05, 0) is 76.8 Å². The first kappa shape index (κ1) is 16.8. The summed E-state index contributed by atoms with van der Waals surface area (Å²) >= 11 is 0. The molecule has 0 N–H and O–H groups in total. The molecule has 1 atom stereocenters. The Hall–Kier alpha value is -0.610. The van der Waals surface area contributed by atoms with Crippen LogP contribution in [-0.2, 0) is 9.53 Å². The van der Waals surface area contributed by atoms with Gasteiger partial charge in [0.15, 0.2) is 0 Å². The highest BCUT2D eigenvalue weighted by molar-refractivity contribution is 5.79. The van der Waals surface area contributed by atoms with E-state index in [0.29, 0.717) is 17.9 Å². The van der Waals surface area contributed by atoms with Gasteiger partial charge in [-0.3, -0.25) is 9.69 Å². The van der Waals surface area contributed by atoms with Crippen LogP contribution in [-0.4, -0.2) is 60.1 Å². The van der Waals surface area contributed by atoms with Gasteiger partial charge in [-0.15, -0.1) is 0 Å². The fourth-order valence-electron chi connectivity index (χ4n) is 5.41. The molecule has 0 aromatic heterocycles. The first-order valence-corrected chi connectivity index (χ1v) is 10.3. The van der Waals surface area contributed by atoms with Gasteiger partial charge in [-0.2, -0.15) is 0 Å². The third-order valence-electron chi connectivity index (χ3n) is 7.20. The Morgan fingerprint density at radius 2 is 1.67 bits per heavy atom. The highest BCUT2D eigenvalue weighted by Gasteiger charge is 2.45. The number of nitrogens with zero attached hydrogens (tertiary/aromatic N) is 2. The maximum absolute atomic E-state index is 12.8. The summed E-state index contributed by atoms with van der Waals surface area (Å²) in [5.41, 5.74) is 0.0745. The molecular weight excluding hydrogens is 300 g/mol. The summed E-state index contributed by atoms with van der Waals surface area (Å²) in [4.78, 5) is 17.6. The largest absolute Gasteiger partial charge is 0.373 e. The molecule has 4 heteroatoms. The zero-order chi connectivity index (χ0) is 16.6. The van der Waals surface area contributed by atoms with Crippen LogP contribution in [0.2, 0.25) is 0 Å². The molecule has 4 rings (SSSR count). The van der Waals surface area contributed by atoms with Crippen molar-refractivity contribution in [2.75, 3.05) is 32.8 Å². The predicted molar refractivity (Wildman–Crippen MR) is 94.8 cm³/mol. The second-order valence-electron chi connectivity index (χ2n) is 8.88. The van der Waals surface area contributed by atoms with Crippen molar-refractivity contribution in [1.82, 2.24) is 9.80 Å². The number of rotatable bonds is 2. The molecule has 4 fully saturated rings. The second-order valence-corrected chi connectivity index (χ2v) is 8.88. The van der Waals surface area contributed by atoms with E-state index < -0.39 is 0 Å². The molecule has 136 valence electrons. The summed E-state index contributed by atoms with van der Waals surface area (Å²) < 4.78 is 6.31. The van der Waals surface area contributed by atoms with Crippen molar-refractivity contribution < 1.29 is 9.53 Å². The molecule has 3 aliphatic heterocycles. The van der Waals surface area contributed by atoms with Crippen LogP contribution in [0.25, 0.3) is 0 Å². The molecule has 0 radical (unpaired) electrons. The zero-order valence-electron chi connectivity index (χ0n) is 15.3. The third-order valence-corrected chi connectivity index (χ3v) is 7.20. The lowest BCUT2D eigenvalue weighted by atomic mass is 9.81. The van der Waals surface area contributed by atoms with E-state index in [-0.39, 0.29) is 5.60 Å². The molecule has 3 saturated heterocycles. The average molecular weight is 335 g/mol. The lowest BCUT2D eigenvalue weighted by molar-refractivity contribution is -0.141. The zero-order valence-corrected chi connectivity index (χ0v) is 15.3. The molecular formula is C20H34N2O2. The van der Waals surface area contributed by atoms with Crippen molar-refractivity contribution in [2.45, 2.75) is 76.4 Å². The van der Waals surface area contributed by atoms with Crippen LogP contribution >= 0.6 is 0 Å². The summed E-state index contributed by atoms with van der Waals surface area (Å²) in [7, 11) is 0. The molecule has 3 heterocycles. The Kier molecular flexibility index (Phi) is 4.88. The van der Waals surface area contributed by atoms with Crippen LogP contribution < -0.4 is 0 Å². The van der Waals surface area contributed by atoms with Gasteiger partial charge in [0.25, 0.3) is 0 Å². The fourth-order valence-corrected chi connectivity index (χ4v) is 5.41. The topological polar surface area (TPSA) is 32.8 Å². The minimum atomic E-state index is 0.0745. The van der Waals surface area contributed by atoms with Crippen LogP contribution in [0.4, 0.5) is 0 Å². The van der Waals surface area contributed by atoms with Gasteiger partial charge < -0.3 is 9.64 Å². The van der Waals surface area contributed by atoms with Crippen molar-refractivity contribution >= 4 is 5.91 Å². The molecule has 1 amide bonds. The van der Waals surface area contributed by atoms with Gasteiger partial charge in [-0.25, -0.2) is 0 Å². The number of carbonyl (C=O) groups excluding carboxylic acids is 1. The van der Waals surface area contributed by atoms with E-state index in [1.165, 1.54) is 45.2 Å². The molecule has 1 aliphatic carbocycles. The van der Waals surface area contributed by atoms with Gasteiger partial charge >= 0.3 is 0 Å². The minimum absolute atomic E-state index is 0.0745. The molecule has 4 nitrogen and oxygen atoms in total. The first-order chi connectivity index (χ1) is 11.7. The highest BCUT2D eigenvalue weighted by atomic mass is 16.5. The highest BCUT2D eigenvalue weighted by Crippen LogP contribution is 2.39. The smallest absolute Gasteiger partial charge is 0.225 e. The maximum atomic E-state index is 12.8. The van der Waals surface area contributed by atoms with Crippen molar-refractivity contribution in [3.8, 4) is 0 Å². The summed E-state index contributed by atoms with van der Waals surface area (Å²) in [6.45, 7) is 7.58. The Bertz CT molecular complexity index is 445. The van der Waals surface area contributed by atoms with Crippen molar-refractivity contribution in [3.63, 3.8) is 0 Å². The molecule has 0 aromatic carbocycles. The van der Waals surface area contributed by atoms with E-state index in [1.807, 2.05) is 0 Å². The van der Waals surface area contributed by atoms with Crippen LogP contribution in [0.15, 0.2) is 0 Å². The SMILES string of the molecule is CC1CCC(C(=O)N2CCC3(CC2)CC(N2CCCC2)CO3)CC1. The van der Waals surface area contributed by atoms with Crippen LogP contribution in [0, 0.1) is 11.8 Å². The number of ether oxygens (including phenoxy) is 1. The molecule has 4 aliphatic rings. The van der Waals surface area contributed by atoms with E-state index in [4.69, 9.17) is 4.74 Å².